The van der Waals surface area contributed by atoms with Crippen LogP contribution >= 0.6 is 0 Å². The number of Topliss-reactive ketones (excluding diaryl/α,β-unsaturated/α-hetero) is 1. The molecular weight excluding hydrogens is 503 g/mol. The van der Waals surface area contributed by atoms with Crippen molar-refractivity contribution < 1.29 is 57.3 Å². The highest BCUT2D eigenvalue weighted by molar-refractivity contribution is 7.97. The summed E-state index contributed by atoms with van der Waals surface area (Å²) >= 11 is 0. The van der Waals surface area contributed by atoms with Gasteiger partial charge in [-0.3, -0.25) is 4.79 Å². The summed E-state index contributed by atoms with van der Waals surface area (Å²) < 4.78 is 135. The van der Waals surface area contributed by atoms with Crippen LogP contribution in [-0.2, 0) is 25.8 Å². The molecule has 0 aromatic rings. The van der Waals surface area contributed by atoms with E-state index in [-0.39, 0.29) is 0 Å². The minimum absolute atomic E-state index is 0.360. The Kier molecular flexibility index (Phi) is 11.4. The molecule has 0 N–H and O–H groups in total. The van der Waals surface area contributed by atoms with Crippen molar-refractivity contribution in [2.75, 3.05) is 12.0 Å². The van der Waals surface area contributed by atoms with Crippen molar-refractivity contribution in [2.45, 2.75) is 86.8 Å². The van der Waals surface area contributed by atoms with Crippen LogP contribution < -0.4 is 0 Å². The lowest BCUT2D eigenvalue weighted by atomic mass is 10.0. The van der Waals surface area contributed by atoms with Crippen LogP contribution in [0.1, 0.15) is 58.3 Å². The van der Waals surface area contributed by atoms with Gasteiger partial charge in [0.2, 0.25) is 0 Å². The summed E-state index contributed by atoms with van der Waals surface area (Å²) in [6.07, 6.45) is 5.15. The molecule has 1 aliphatic rings. The molecule has 0 spiro atoms. The molecule has 0 saturated heterocycles. The van der Waals surface area contributed by atoms with Crippen LogP contribution in [0.15, 0.2) is 0 Å². The molecule has 0 amide bonds. The lowest BCUT2D eigenvalue weighted by Crippen LogP contribution is -2.63. The third kappa shape index (κ3) is 7.67. The molecule has 1 fully saturated rings. The Hall–Kier alpha value is -0.700. The minimum atomic E-state index is -7.43. The predicted octanol–water partition coefficient (Wildman–Crippen LogP) is 5.28. The fraction of sp³-hybridized carbons (Fsp3) is 0.941. The SMILES string of the molecule is CCCCC(=O)C[S+](C)C1CCCCC1.O=S(=O)([O-])C(F)(F)C(F)(F)C(F)(F)C(F)(F)F. The van der Waals surface area contributed by atoms with E-state index in [9.17, 15) is 57.3 Å². The highest BCUT2D eigenvalue weighted by Gasteiger charge is 2.83. The van der Waals surface area contributed by atoms with Crippen LogP contribution in [0, 0.1) is 0 Å². The van der Waals surface area contributed by atoms with E-state index in [0.717, 1.165) is 30.3 Å². The standard InChI is InChI=1S/C13H25OS.C4HF9O3S/c1-3-4-8-12(14)11-15(2)13-9-6-5-7-10-13;5-1(6,3(9,10)11)2(7,8)4(12,13)17(14,15)16/h13H,3-11H2,1-2H3;(H,14,15,16)/q+1;/p-1. The quantitative estimate of drug-likeness (QED) is 0.232. The summed E-state index contributed by atoms with van der Waals surface area (Å²) in [5.41, 5.74) is 0. The maximum absolute atomic E-state index is 12.2. The topological polar surface area (TPSA) is 74.3 Å². The van der Waals surface area contributed by atoms with Crippen molar-refractivity contribution in [1.82, 2.24) is 0 Å². The lowest BCUT2D eigenvalue weighted by Gasteiger charge is -2.34. The van der Waals surface area contributed by atoms with Crippen LogP contribution in [0.25, 0.3) is 0 Å². The van der Waals surface area contributed by atoms with Gasteiger partial charge in [0, 0.05) is 6.42 Å². The van der Waals surface area contributed by atoms with Crippen molar-refractivity contribution in [2.24, 2.45) is 0 Å². The van der Waals surface area contributed by atoms with Crippen molar-refractivity contribution in [3.05, 3.63) is 0 Å². The lowest BCUT2D eigenvalue weighted by molar-refractivity contribution is -0.382. The molecule has 0 aliphatic heterocycles. The fourth-order valence-electron chi connectivity index (χ4n) is 2.80. The first-order chi connectivity index (χ1) is 14.2. The van der Waals surface area contributed by atoms with E-state index in [2.05, 4.69) is 13.2 Å². The maximum atomic E-state index is 12.2. The van der Waals surface area contributed by atoms with Gasteiger partial charge in [0.05, 0.1) is 6.26 Å². The van der Waals surface area contributed by atoms with Crippen LogP contribution in [0.4, 0.5) is 39.5 Å². The van der Waals surface area contributed by atoms with E-state index in [1.165, 1.54) is 32.1 Å². The molecule has 1 unspecified atom stereocenters. The van der Waals surface area contributed by atoms with E-state index < -0.39 is 33.4 Å². The Labute approximate surface area is 183 Å². The van der Waals surface area contributed by atoms with Gasteiger partial charge >= 0.3 is 23.3 Å². The predicted molar refractivity (Wildman–Crippen MR) is 100 cm³/mol. The summed E-state index contributed by atoms with van der Waals surface area (Å²) in [5, 5.41) is -6.25. The average Bonchev–Trinajstić information content (AvgIpc) is 2.65. The second-order valence-corrected chi connectivity index (χ2v) is 11.1. The van der Waals surface area contributed by atoms with Gasteiger partial charge in [0.25, 0.3) is 0 Å². The van der Waals surface area contributed by atoms with Crippen molar-refractivity contribution >= 4 is 26.8 Å². The van der Waals surface area contributed by atoms with E-state index >= 15 is 0 Å². The van der Waals surface area contributed by atoms with Crippen molar-refractivity contribution in [3.63, 3.8) is 0 Å². The zero-order valence-corrected chi connectivity index (χ0v) is 18.9. The van der Waals surface area contributed by atoms with Crippen LogP contribution in [-0.4, -0.2) is 59.3 Å². The van der Waals surface area contributed by atoms with Crippen LogP contribution in [0.2, 0.25) is 0 Å². The van der Waals surface area contributed by atoms with Crippen molar-refractivity contribution in [1.29, 1.82) is 0 Å². The van der Waals surface area contributed by atoms with Gasteiger partial charge < -0.3 is 4.55 Å². The number of alkyl halides is 9. The molecule has 1 atom stereocenters. The second-order valence-electron chi connectivity index (χ2n) is 7.36. The van der Waals surface area contributed by atoms with Gasteiger partial charge in [-0.1, -0.05) is 19.8 Å². The summed E-state index contributed by atoms with van der Waals surface area (Å²) in [6.45, 7) is 2.15. The first-order valence-corrected chi connectivity index (χ1v) is 12.8. The first kappa shape index (κ1) is 31.3. The van der Waals surface area contributed by atoms with Crippen LogP contribution in [0.5, 0.6) is 0 Å². The number of halogens is 9. The number of unbranched alkanes of at least 4 members (excludes halogenated alkanes) is 1. The molecular formula is C17H25F9O4S2. The first-order valence-electron chi connectivity index (χ1n) is 9.52. The van der Waals surface area contributed by atoms with E-state index in [1.54, 1.807) is 0 Å². The highest BCUT2D eigenvalue weighted by Crippen LogP contribution is 2.54. The van der Waals surface area contributed by atoms with Gasteiger partial charge in [-0.15, -0.1) is 0 Å². The zero-order chi connectivity index (χ0) is 25.6. The largest absolute Gasteiger partial charge is 0.743 e. The zero-order valence-electron chi connectivity index (χ0n) is 17.3. The summed E-state index contributed by atoms with van der Waals surface area (Å²) in [6, 6.07) is 0. The Bertz CT molecular complexity index is 703. The van der Waals surface area contributed by atoms with Gasteiger partial charge in [0.1, 0.15) is 5.25 Å². The molecule has 1 aliphatic carbocycles. The monoisotopic (exact) mass is 528 g/mol. The van der Waals surface area contributed by atoms with Gasteiger partial charge in [-0.25, -0.2) is 8.42 Å². The average molecular weight is 528 g/mol. The minimum Gasteiger partial charge on any atom is -0.743 e. The second kappa shape index (κ2) is 11.6. The molecule has 0 bridgehead atoms. The number of ketones is 1. The Morgan fingerprint density at radius 2 is 1.41 bits per heavy atom. The fourth-order valence-corrected chi connectivity index (χ4v) is 5.27. The molecule has 0 aromatic heterocycles. The third-order valence-corrected chi connectivity index (χ3v) is 8.02. The summed E-state index contributed by atoms with van der Waals surface area (Å²) in [4.78, 5) is 11.7. The molecule has 1 rings (SSSR count). The molecule has 0 radical (unpaired) electrons. The molecule has 15 heteroatoms. The molecule has 192 valence electrons. The van der Waals surface area contributed by atoms with Gasteiger partial charge in [0.15, 0.2) is 21.7 Å². The number of rotatable bonds is 9. The van der Waals surface area contributed by atoms with E-state index in [0.29, 0.717) is 16.7 Å². The van der Waals surface area contributed by atoms with Gasteiger partial charge in [-0.05, 0) is 43.0 Å². The molecule has 32 heavy (non-hydrogen) atoms. The highest BCUT2D eigenvalue weighted by atomic mass is 32.2. The smallest absolute Gasteiger partial charge is 0.460 e. The Morgan fingerprint density at radius 3 is 1.78 bits per heavy atom. The Balaban J connectivity index is 0.000000604. The van der Waals surface area contributed by atoms with Crippen molar-refractivity contribution in [3.8, 4) is 0 Å². The van der Waals surface area contributed by atoms with E-state index in [1.807, 2.05) is 0 Å². The summed E-state index contributed by atoms with van der Waals surface area (Å²) in [5.74, 6) is -13.4. The number of carbonyl (C=O) groups is 1. The number of hydrogen-bond donors (Lipinski definition) is 0. The molecule has 0 heterocycles. The molecule has 1 saturated carbocycles. The molecule has 4 nitrogen and oxygen atoms in total. The number of carbonyl (C=O) groups excluding carboxylic acids is 1. The normalized spacial score (nSPS) is 18.0. The Morgan fingerprint density at radius 1 is 0.938 bits per heavy atom. The third-order valence-electron chi connectivity index (χ3n) is 4.75. The van der Waals surface area contributed by atoms with Crippen LogP contribution in [0.3, 0.4) is 0 Å². The number of hydrogen-bond acceptors (Lipinski definition) is 4. The van der Waals surface area contributed by atoms with E-state index in [4.69, 9.17) is 0 Å². The maximum Gasteiger partial charge on any atom is 0.460 e. The molecule has 0 aromatic carbocycles. The summed E-state index contributed by atoms with van der Waals surface area (Å²) in [7, 11) is -7.06. The van der Waals surface area contributed by atoms with Gasteiger partial charge in [-0.2, -0.15) is 39.5 Å².